The van der Waals surface area contributed by atoms with Gasteiger partial charge in [-0.25, -0.2) is 8.78 Å². The highest BCUT2D eigenvalue weighted by molar-refractivity contribution is 5.68. The van der Waals surface area contributed by atoms with Gasteiger partial charge in [-0.3, -0.25) is 0 Å². The minimum absolute atomic E-state index is 0.00345. The van der Waals surface area contributed by atoms with Crippen molar-refractivity contribution in [1.82, 2.24) is 15.1 Å². The lowest BCUT2D eigenvalue weighted by Gasteiger charge is -2.28. The highest BCUT2D eigenvalue weighted by atomic mass is 19.4. The van der Waals surface area contributed by atoms with Crippen molar-refractivity contribution in [3.8, 4) is 17.0 Å². The first-order chi connectivity index (χ1) is 17.2. The van der Waals surface area contributed by atoms with Gasteiger partial charge < -0.3 is 19.7 Å². The van der Waals surface area contributed by atoms with Gasteiger partial charge in [-0.15, -0.1) is 23.4 Å². The van der Waals surface area contributed by atoms with E-state index in [9.17, 15) is 22.0 Å². The molecule has 0 spiro atoms. The molecule has 6 nitrogen and oxygen atoms in total. The van der Waals surface area contributed by atoms with Crippen molar-refractivity contribution in [2.24, 2.45) is 17.8 Å². The number of likely N-dealkylation sites (tertiary alicyclic amines) is 1. The van der Waals surface area contributed by atoms with Gasteiger partial charge in [0.1, 0.15) is 5.75 Å². The zero-order chi connectivity index (χ0) is 25.3. The Balaban J connectivity index is 1.25. The van der Waals surface area contributed by atoms with E-state index in [1.807, 2.05) is 0 Å². The molecule has 5 rings (SSSR count). The Morgan fingerprint density at radius 2 is 1.75 bits per heavy atom. The fraction of sp³-hybridized carbons (Fsp3) is 0.600. The topological polar surface area (TPSA) is 59.5 Å². The van der Waals surface area contributed by atoms with Gasteiger partial charge in [-0.1, -0.05) is 12.1 Å². The van der Waals surface area contributed by atoms with Crippen LogP contribution in [0.2, 0.25) is 0 Å². The fourth-order valence-corrected chi connectivity index (χ4v) is 5.86. The molecule has 36 heavy (non-hydrogen) atoms. The lowest BCUT2D eigenvalue weighted by molar-refractivity contribution is -0.274. The predicted molar refractivity (Wildman–Crippen MR) is 123 cm³/mol. The molecule has 0 bridgehead atoms. The molecule has 0 amide bonds. The molecule has 3 atom stereocenters. The summed E-state index contributed by atoms with van der Waals surface area (Å²) in [5.41, 5.74) is -0.557. The van der Waals surface area contributed by atoms with E-state index >= 15 is 0 Å². The van der Waals surface area contributed by atoms with Crippen molar-refractivity contribution in [3.05, 3.63) is 35.9 Å². The largest absolute Gasteiger partial charge is 0.573 e. The number of hydrogen-bond donors (Lipinski definition) is 1. The number of anilines is 1. The van der Waals surface area contributed by atoms with Crippen LogP contribution >= 0.6 is 0 Å². The minimum atomic E-state index is -4.92. The van der Waals surface area contributed by atoms with Crippen LogP contribution in [-0.4, -0.2) is 60.3 Å². The summed E-state index contributed by atoms with van der Waals surface area (Å²) in [5.74, 6) is 1.16. The predicted octanol–water partition coefficient (Wildman–Crippen LogP) is 5.53. The summed E-state index contributed by atoms with van der Waals surface area (Å²) in [6, 6.07) is 6.38. The number of benzene rings is 1. The number of rotatable bonds is 7. The summed E-state index contributed by atoms with van der Waals surface area (Å²) in [6.45, 7) is 4.80. The van der Waals surface area contributed by atoms with E-state index in [1.165, 1.54) is 18.2 Å². The number of nitrogens with zero attached hydrogens (tertiary/aromatic N) is 3. The molecular weight excluding hydrogens is 483 g/mol. The molecule has 1 N–H and O–H groups in total. The quantitative estimate of drug-likeness (QED) is 0.493. The standard InChI is InChI=1S/C25H29F5N4O2/c26-23(27)20-11-21(19-3-1-2-4-22(19)36-25(28,29)30)32-33-24(20)31-18-9-16-13-34(14-17(16)10-18)12-15-5-7-35-8-6-15/h1-4,11,15-18,23H,5-10,12-14H2,(H,31,33)/t16-,17+,18-. The van der Waals surface area contributed by atoms with Crippen LogP contribution in [0.1, 0.15) is 37.7 Å². The Hall–Kier alpha value is -2.53. The Morgan fingerprint density at radius 3 is 2.42 bits per heavy atom. The second-order valence-corrected chi connectivity index (χ2v) is 9.99. The van der Waals surface area contributed by atoms with Gasteiger partial charge in [-0.2, -0.15) is 0 Å². The normalized spacial score (nSPS) is 25.3. The smallest absolute Gasteiger partial charge is 0.405 e. The zero-order valence-corrected chi connectivity index (χ0v) is 19.7. The SMILES string of the molecule is FC(F)c1cc(-c2ccccc2OC(F)(F)F)nnc1N[C@@H]1C[C@@H]2CN(CC3CCOCC3)C[C@@H]2C1. The number of nitrogens with one attached hydrogen (secondary N) is 1. The number of aromatic nitrogens is 2. The third-order valence-corrected chi connectivity index (χ3v) is 7.47. The molecule has 3 heterocycles. The molecule has 3 fully saturated rings. The van der Waals surface area contributed by atoms with E-state index in [0.717, 1.165) is 70.7 Å². The van der Waals surface area contributed by atoms with Gasteiger partial charge in [0.15, 0.2) is 5.82 Å². The highest BCUT2D eigenvalue weighted by Gasteiger charge is 2.41. The van der Waals surface area contributed by atoms with Crippen LogP contribution in [0.3, 0.4) is 0 Å². The molecule has 1 aliphatic carbocycles. The third kappa shape index (κ3) is 5.88. The molecule has 1 aromatic carbocycles. The monoisotopic (exact) mass is 512 g/mol. The van der Waals surface area contributed by atoms with Gasteiger partial charge >= 0.3 is 6.36 Å². The number of ether oxygens (including phenoxy) is 2. The van der Waals surface area contributed by atoms with Crippen LogP contribution in [0.15, 0.2) is 30.3 Å². The van der Waals surface area contributed by atoms with Gasteiger partial charge in [0.2, 0.25) is 0 Å². The molecule has 196 valence electrons. The maximum atomic E-state index is 13.9. The summed E-state index contributed by atoms with van der Waals surface area (Å²) < 4.78 is 75.7. The van der Waals surface area contributed by atoms with Crippen LogP contribution in [0.4, 0.5) is 27.8 Å². The first-order valence-corrected chi connectivity index (χ1v) is 12.3. The lowest BCUT2D eigenvalue weighted by atomic mass is 10.00. The second kappa shape index (κ2) is 10.5. The minimum Gasteiger partial charge on any atom is -0.405 e. The molecule has 1 aromatic heterocycles. The molecule has 2 aliphatic heterocycles. The van der Waals surface area contributed by atoms with Crippen molar-refractivity contribution in [3.63, 3.8) is 0 Å². The average molecular weight is 513 g/mol. The van der Waals surface area contributed by atoms with Gasteiger partial charge in [0, 0.05) is 44.5 Å². The van der Waals surface area contributed by atoms with E-state index < -0.39 is 18.5 Å². The summed E-state index contributed by atoms with van der Waals surface area (Å²) in [7, 11) is 0. The van der Waals surface area contributed by atoms with E-state index in [-0.39, 0.29) is 28.7 Å². The molecular formula is C25H29F5N4O2. The van der Waals surface area contributed by atoms with Crippen molar-refractivity contribution < 1.29 is 31.4 Å². The molecule has 1 saturated carbocycles. The molecule has 3 aliphatic rings. The van der Waals surface area contributed by atoms with Crippen molar-refractivity contribution in [1.29, 1.82) is 0 Å². The fourth-order valence-electron chi connectivity index (χ4n) is 5.86. The summed E-state index contributed by atoms with van der Waals surface area (Å²) in [5, 5.41) is 11.1. The Kier molecular flexibility index (Phi) is 7.30. The van der Waals surface area contributed by atoms with Gasteiger partial charge in [0.25, 0.3) is 6.43 Å². The maximum Gasteiger partial charge on any atom is 0.573 e. The van der Waals surface area contributed by atoms with Crippen molar-refractivity contribution >= 4 is 5.82 Å². The molecule has 2 saturated heterocycles. The Bertz CT molecular complexity index is 1030. The summed E-state index contributed by atoms with van der Waals surface area (Å²) >= 11 is 0. The van der Waals surface area contributed by atoms with Crippen LogP contribution in [0, 0.1) is 17.8 Å². The number of hydrogen-bond acceptors (Lipinski definition) is 6. The second-order valence-electron chi connectivity index (χ2n) is 9.99. The van der Waals surface area contributed by atoms with Crippen LogP contribution < -0.4 is 10.1 Å². The van der Waals surface area contributed by atoms with Gasteiger partial charge in [0.05, 0.1) is 11.3 Å². The van der Waals surface area contributed by atoms with Crippen LogP contribution in [-0.2, 0) is 4.74 Å². The summed E-state index contributed by atoms with van der Waals surface area (Å²) in [6.07, 6.45) is -3.85. The highest BCUT2D eigenvalue weighted by Crippen LogP contribution is 2.41. The first kappa shape index (κ1) is 25.1. The average Bonchev–Trinajstić information content (AvgIpc) is 3.37. The molecule has 0 unspecified atom stereocenters. The van der Waals surface area contributed by atoms with Crippen molar-refractivity contribution in [2.75, 3.05) is 38.2 Å². The van der Waals surface area contributed by atoms with E-state index in [2.05, 4.69) is 25.2 Å². The molecule has 0 radical (unpaired) electrons. The number of halogens is 5. The molecule has 11 heteroatoms. The number of fused-ring (bicyclic) bond motifs is 1. The number of para-hydroxylation sites is 1. The maximum absolute atomic E-state index is 13.9. The Morgan fingerprint density at radius 1 is 1.06 bits per heavy atom. The Labute approximate surface area is 206 Å². The van der Waals surface area contributed by atoms with Crippen LogP contribution in [0.25, 0.3) is 11.3 Å². The van der Waals surface area contributed by atoms with Crippen LogP contribution in [0.5, 0.6) is 5.75 Å². The number of alkyl halides is 5. The summed E-state index contributed by atoms with van der Waals surface area (Å²) in [4.78, 5) is 2.53. The van der Waals surface area contributed by atoms with Crippen molar-refractivity contribution in [2.45, 2.75) is 44.5 Å². The lowest BCUT2D eigenvalue weighted by Crippen LogP contribution is -2.32. The van der Waals surface area contributed by atoms with Gasteiger partial charge in [-0.05, 0) is 61.6 Å². The van der Waals surface area contributed by atoms with E-state index in [1.54, 1.807) is 0 Å². The molecule has 2 aromatic rings. The third-order valence-electron chi connectivity index (χ3n) is 7.47. The van der Waals surface area contributed by atoms with E-state index in [4.69, 9.17) is 4.74 Å². The first-order valence-electron chi connectivity index (χ1n) is 12.3. The van der Waals surface area contributed by atoms with E-state index in [0.29, 0.717) is 17.8 Å². The zero-order valence-electron chi connectivity index (χ0n) is 19.7.